The van der Waals surface area contributed by atoms with Gasteiger partial charge in [-0.05, 0) is 28.8 Å². The highest BCUT2D eigenvalue weighted by atomic mass is 16.5. The molecular formula is C16H18O3. The number of hydrogen-bond acceptors (Lipinski definition) is 3. The summed E-state index contributed by atoms with van der Waals surface area (Å²) in [5, 5.41) is 18.6. The Morgan fingerprint density at radius 3 is 2.37 bits per heavy atom. The minimum atomic E-state index is -0.723. The van der Waals surface area contributed by atoms with Crippen molar-refractivity contribution >= 4 is 0 Å². The molecule has 2 N–H and O–H groups in total. The van der Waals surface area contributed by atoms with E-state index in [1.54, 1.807) is 7.11 Å². The molecule has 0 saturated carbocycles. The van der Waals surface area contributed by atoms with Crippen LogP contribution in [0.1, 0.15) is 5.56 Å². The first-order valence-electron chi connectivity index (χ1n) is 6.26. The fourth-order valence-corrected chi connectivity index (χ4v) is 2.07. The molecule has 0 heterocycles. The number of hydrogen-bond donors (Lipinski definition) is 2. The van der Waals surface area contributed by atoms with E-state index >= 15 is 0 Å². The molecule has 0 aromatic heterocycles. The number of aliphatic hydroxyl groups excluding tert-OH is 2. The van der Waals surface area contributed by atoms with Gasteiger partial charge in [-0.1, -0.05) is 36.4 Å². The van der Waals surface area contributed by atoms with Gasteiger partial charge in [-0.25, -0.2) is 0 Å². The summed E-state index contributed by atoms with van der Waals surface area (Å²) in [5.41, 5.74) is 3.16. The number of methoxy groups -OCH3 is 1. The van der Waals surface area contributed by atoms with Crippen LogP contribution in [0.5, 0.6) is 5.75 Å². The standard InChI is InChI=1S/C16H18O3/c1-19-15-8-6-12(7-9-15)16-5-3-2-4-13(16)10-14(18)11-17/h2-9,14,17-18H,10-11H2,1H3. The smallest absolute Gasteiger partial charge is 0.118 e. The zero-order valence-electron chi connectivity index (χ0n) is 10.9. The molecule has 19 heavy (non-hydrogen) atoms. The number of ether oxygens (including phenoxy) is 1. The molecule has 0 bridgehead atoms. The average molecular weight is 258 g/mol. The van der Waals surface area contributed by atoms with Gasteiger partial charge in [0.25, 0.3) is 0 Å². The first-order chi connectivity index (χ1) is 9.24. The lowest BCUT2D eigenvalue weighted by atomic mass is 9.96. The Labute approximate surface area is 113 Å². The van der Waals surface area contributed by atoms with Crippen molar-refractivity contribution in [2.24, 2.45) is 0 Å². The first-order valence-corrected chi connectivity index (χ1v) is 6.26. The molecule has 0 saturated heterocycles. The quantitative estimate of drug-likeness (QED) is 0.865. The summed E-state index contributed by atoms with van der Waals surface area (Å²) in [6, 6.07) is 15.7. The third-order valence-corrected chi connectivity index (χ3v) is 3.08. The maximum atomic E-state index is 9.59. The van der Waals surface area contributed by atoms with Crippen molar-refractivity contribution in [1.29, 1.82) is 0 Å². The van der Waals surface area contributed by atoms with Crippen molar-refractivity contribution in [2.45, 2.75) is 12.5 Å². The number of rotatable bonds is 5. The van der Waals surface area contributed by atoms with E-state index in [2.05, 4.69) is 0 Å². The lowest BCUT2D eigenvalue weighted by Gasteiger charge is -2.13. The first kappa shape index (κ1) is 13.6. The molecule has 2 rings (SSSR count). The van der Waals surface area contributed by atoms with Gasteiger partial charge in [0.05, 0.1) is 19.8 Å². The highest BCUT2D eigenvalue weighted by molar-refractivity contribution is 5.68. The summed E-state index contributed by atoms with van der Waals surface area (Å²) < 4.78 is 5.14. The Bertz CT molecular complexity index is 520. The zero-order chi connectivity index (χ0) is 13.7. The van der Waals surface area contributed by atoms with Crippen molar-refractivity contribution in [1.82, 2.24) is 0 Å². The number of benzene rings is 2. The second-order valence-corrected chi connectivity index (χ2v) is 4.43. The van der Waals surface area contributed by atoms with Crippen molar-refractivity contribution in [2.75, 3.05) is 13.7 Å². The van der Waals surface area contributed by atoms with E-state index in [-0.39, 0.29) is 6.61 Å². The third-order valence-electron chi connectivity index (χ3n) is 3.08. The Kier molecular flexibility index (Phi) is 4.55. The van der Waals surface area contributed by atoms with Crippen LogP contribution in [-0.4, -0.2) is 30.0 Å². The summed E-state index contributed by atoms with van der Waals surface area (Å²) in [5.74, 6) is 0.816. The van der Waals surface area contributed by atoms with Crippen molar-refractivity contribution in [3.8, 4) is 16.9 Å². The molecule has 3 heteroatoms. The monoisotopic (exact) mass is 258 g/mol. The van der Waals surface area contributed by atoms with Crippen molar-refractivity contribution in [3.63, 3.8) is 0 Å². The fourth-order valence-electron chi connectivity index (χ4n) is 2.07. The minimum Gasteiger partial charge on any atom is -0.497 e. The van der Waals surface area contributed by atoms with Crippen LogP contribution in [0.15, 0.2) is 48.5 Å². The maximum Gasteiger partial charge on any atom is 0.118 e. The highest BCUT2D eigenvalue weighted by Crippen LogP contribution is 2.26. The van der Waals surface area contributed by atoms with Crippen LogP contribution in [0.3, 0.4) is 0 Å². The summed E-state index contributed by atoms with van der Waals surface area (Å²) in [7, 11) is 1.64. The highest BCUT2D eigenvalue weighted by Gasteiger charge is 2.09. The molecule has 0 aliphatic carbocycles. The Morgan fingerprint density at radius 2 is 1.74 bits per heavy atom. The molecular weight excluding hydrogens is 240 g/mol. The lowest BCUT2D eigenvalue weighted by molar-refractivity contribution is 0.0956. The molecule has 2 aromatic rings. The topological polar surface area (TPSA) is 49.7 Å². The molecule has 0 radical (unpaired) electrons. The van der Waals surface area contributed by atoms with E-state index in [4.69, 9.17) is 9.84 Å². The normalized spacial score (nSPS) is 12.2. The van der Waals surface area contributed by atoms with Crippen molar-refractivity contribution < 1.29 is 14.9 Å². The van der Waals surface area contributed by atoms with E-state index in [1.807, 2.05) is 48.5 Å². The molecule has 0 aliphatic heterocycles. The van der Waals surface area contributed by atoms with Gasteiger partial charge in [0, 0.05) is 6.42 Å². The molecule has 0 aliphatic rings. The molecule has 0 fully saturated rings. The van der Waals surface area contributed by atoms with Crippen LogP contribution in [0, 0.1) is 0 Å². The van der Waals surface area contributed by atoms with E-state index in [0.717, 1.165) is 22.4 Å². The minimum absolute atomic E-state index is 0.225. The molecule has 0 amide bonds. The van der Waals surface area contributed by atoms with Crippen LogP contribution in [-0.2, 0) is 6.42 Å². The predicted molar refractivity (Wildman–Crippen MR) is 75.2 cm³/mol. The van der Waals surface area contributed by atoms with Crippen LogP contribution in [0.2, 0.25) is 0 Å². The second kappa shape index (κ2) is 6.36. The van der Waals surface area contributed by atoms with E-state index in [9.17, 15) is 5.11 Å². The third kappa shape index (κ3) is 3.34. The molecule has 1 unspecified atom stereocenters. The lowest BCUT2D eigenvalue weighted by Crippen LogP contribution is -2.15. The molecule has 1 atom stereocenters. The van der Waals surface area contributed by atoms with E-state index in [1.165, 1.54) is 0 Å². The van der Waals surface area contributed by atoms with Crippen LogP contribution in [0.4, 0.5) is 0 Å². The van der Waals surface area contributed by atoms with Gasteiger partial charge in [0.1, 0.15) is 5.75 Å². The van der Waals surface area contributed by atoms with Crippen molar-refractivity contribution in [3.05, 3.63) is 54.1 Å². The van der Waals surface area contributed by atoms with Crippen LogP contribution in [0.25, 0.3) is 11.1 Å². The van der Waals surface area contributed by atoms with Gasteiger partial charge in [-0.3, -0.25) is 0 Å². The van der Waals surface area contributed by atoms with Gasteiger partial charge in [-0.15, -0.1) is 0 Å². The summed E-state index contributed by atoms with van der Waals surface area (Å²) in [6.45, 7) is -0.225. The zero-order valence-corrected chi connectivity index (χ0v) is 10.9. The Balaban J connectivity index is 2.32. The Morgan fingerprint density at radius 1 is 1.05 bits per heavy atom. The second-order valence-electron chi connectivity index (χ2n) is 4.43. The SMILES string of the molecule is COc1ccc(-c2ccccc2CC(O)CO)cc1. The molecule has 0 spiro atoms. The largest absolute Gasteiger partial charge is 0.497 e. The molecule has 2 aromatic carbocycles. The summed E-state index contributed by atoms with van der Waals surface area (Å²) in [4.78, 5) is 0. The molecule has 100 valence electrons. The van der Waals surface area contributed by atoms with E-state index < -0.39 is 6.10 Å². The van der Waals surface area contributed by atoms with Crippen LogP contribution < -0.4 is 4.74 Å². The average Bonchev–Trinajstić information content (AvgIpc) is 2.48. The van der Waals surface area contributed by atoms with E-state index in [0.29, 0.717) is 6.42 Å². The fraction of sp³-hybridized carbons (Fsp3) is 0.250. The number of aliphatic hydroxyl groups is 2. The van der Waals surface area contributed by atoms with Gasteiger partial charge < -0.3 is 14.9 Å². The van der Waals surface area contributed by atoms with Crippen LogP contribution >= 0.6 is 0 Å². The summed E-state index contributed by atoms with van der Waals surface area (Å²) in [6.07, 6.45) is -0.280. The van der Waals surface area contributed by atoms with Gasteiger partial charge in [-0.2, -0.15) is 0 Å². The van der Waals surface area contributed by atoms with Gasteiger partial charge in [0.15, 0.2) is 0 Å². The predicted octanol–water partition coefficient (Wildman–Crippen LogP) is 2.26. The van der Waals surface area contributed by atoms with Gasteiger partial charge in [0.2, 0.25) is 0 Å². The summed E-state index contributed by atoms with van der Waals surface area (Å²) >= 11 is 0. The van der Waals surface area contributed by atoms with Gasteiger partial charge >= 0.3 is 0 Å². The Hall–Kier alpha value is -1.84. The maximum absolute atomic E-state index is 9.59. The molecule has 3 nitrogen and oxygen atoms in total.